The molecule has 0 fully saturated rings. The van der Waals surface area contributed by atoms with E-state index in [1.54, 1.807) is 42.7 Å². The molecule has 6 heteroatoms. The lowest BCUT2D eigenvalue weighted by atomic mass is 10.0. The van der Waals surface area contributed by atoms with Gasteiger partial charge in [-0.1, -0.05) is 36.4 Å². The van der Waals surface area contributed by atoms with Crippen LogP contribution in [0.25, 0.3) is 17.2 Å². The lowest BCUT2D eigenvalue weighted by Crippen LogP contribution is -2.04. The fourth-order valence-corrected chi connectivity index (χ4v) is 2.67. The fourth-order valence-electron chi connectivity index (χ4n) is 2.67. The second kappa shape index (κ2) is 9.11. The molecule has 3 aromatic rings. The summed E-state index contributed by atoms with van der Waals surface area (Å²) in [6.45, 7) is 0.0600. The van der Waals surface area contributed by atoms with Gasteiger partial charge in [-0.25, -0.2) is 4.79 Å². The highest BCUT2D eigenvalue weighted by Gasteiger charge is 2.04. The number of benzene rings is 3. The molecule has 144 valence electrons. The third kappa shape index (κ3) is 5.37. The first-order valence-electron chi connectivity index (χ1n) is 8.80. The Morgan fingerprint density at radius 1 is 0.966 bits per heavy atom. The number of hydrogen-bond donors (Lipinski definition) is 2. The van der Waals surface area contributed by atoms with Crippen molar-refractivity contribution in [1.29, 1.82) is 5.26 Å². The topological polar surface area (TPSA) is 111 Å². The molecule has 0 spiro atoms. The second-order valence-electron chi connectivity index (χ2n) is 6.24. The van der Waals surface area contributed by atoms with Crippen LogP contribution < -0.4 is 16.2 Å². The zero-order valence-electron chi connectivity index (χ0n) is 15.5. The number of esters is 1. The molecule has 0 bridgehead atoms. The predicted molar refractivity (Wildman–Crippen MR) is 112 cm³/mol. The minimum Gasteiger partial charge on any atom is -0.458 e. The van der Waals surface area contributed by atoms with Gasteiger partial charge in [0.2, 0.25) is 0 Å². The highest BCUT2D eigenvalue weighted by atomic mass is 16.5. The number of anilines is 2. The Morgan fingerprint density at radius 2 is 1.62 bits per heavy atom. The Hall–Kier alpha value is -4.24. The van der Waals surface area contributed by atoms with E-state index >= 15 is 0 Å². The van der Waals surface area contributed by atoms with Crippen molar-refractivity contribution in [3.63, 3.8) is 0 Å². The number of ether oxygens (including phenoxy) is 2. The number of rotatable bonds is 6. The number of carbonyl (C=O) groups excluding carboxylic acids is 1. The number of nitriles is 1. The van der Waals surface area contributed by atoms with E-state index in [-0.39, 0.29) is 6.61 Å². The standard InChI is InChI=1S/C23H19N3O3/c24-15-29-21-9-6-18(7-10-21)17-4-1-16(2-5-17)3-12-23(27)28-14-19-13-20(25)8-11-22(19)26/h1-13H,14,25-26H2/b12-3+. The van der Waals surface area contributed by atoms with Crippen LogP contribution in [0.1, 0.15) is 11.1 Å². The van der Waals surface area contributed by atoms with Crippen LogP contribution in [0.2, 0.25) is 0 Å². The van der Waals surface area contributed by atoms with Crippen molar-refractivity contribution in [2.75, 3.05) is 11.5 Å². The van der Waals surface area contributed by atoms with Crippen molar-refractivity contribution in [3.05, 3.63) is 83.9 Å². The molecule has 0 aliphatic rings. The number of carbonyl (C=O) groups is 1. The van der Waals surface area contributed by atoms with Gasteiger partial charge in [-0.05, 0) is 53.1 Å². The third-order valence-electron chi connectivity index (χ3n) is 4.21. The van der Waals surface area contributed by atoms with E-state index in [2.05, 4.69) is 0 Å². The van der Waals surface area contributed by atoms with Crippen LogP contribution in [0.15, 0.2) is 72.8 Å². The Bertz CT molecular complexity index is 1070. The number of nitrogen functional groups attached to an aromatic ring is 2. The van der Waals surface area contributed by atoms with Crippen LogP contribution in [0.4, 0.5) is 11.4 Å². The SMILES string of the molecule is N#COc1ccc(-c2ccc(/C=C/C(=O)OCc3cc(N)ccc3N)cc2)cc1. The Morgan fingerprint density at radius 3 is 2.28 bits per heavy atom. The minimum absolute atomic E-state index is 0.0600. The van der Waals surface area contributed by atoms with E-state index in [9.17, 15) is 4.79 Å². The summed E-state index contributed by atoms with van der Waals surface area (Å²) in [7, 11) is 0. The minimum atomic E-state index is -0.469. The lowest BCUT2D eigenvalue weighted by molar-refractivity contribution is -0.138. The van der Waals surface area contributed by atoms with Crippen LogP contribution in [0.5, 0.6) is 5.75 Å². The van der Waals surface area contributed by atoms with Crippen molar-refractivity contribution in [3.8, 4) is 23.1 Å². The molecule has 3 aromatic carbocycles. The Labute approximate surface area is 168 Å². The van der Waals surface area contributed by atoms with E-state index in [0.29, 0.717) is 22.7 Å². The number of nitrogens with zero attached hydrogens (tertiary/aromatic N) is 1. The molecular formula is C23H19N3O3. The molecule has 29 heavy (non-hydrogen) atoms. The van der Waals surface area contributed by atoms with Crippen LogP contribution in [0, 0.1) is 11.5 Å². The van der Waals surface area contributed by atoms with Gasteiger partial charge in [0, 0.05) is 23.0 Å². The van der Waals surface area contributed by atoms with E-state index in [0.717, 1.165) is 16.7 Å². The van der Waals surface area contributed by atoms with Gasteiger partial charge >= 0.3 is 5.97 Å². The molecule has 0 heterocycles. The summed E-state index contributed by atoms with van der Waals surface area (Å²) in [6, 6.07) is 19.9. The molecule has 0 unspecified atom stereocenters. The molecule has 0 aromatic heterocycles. The molecule has 0 saturated carbocycles. The molecule has 0 saturated heterocycles. The van der Waals surface area contributed by atoms with Gasteiger partial charge in [0.1, 0.15) is 12.4 Å². The van der Waals surface area contributed by atoms with Gasteiger partial charge < -0.3 is 20.9 Å². The molecule has 4 N–H and O–H groups in total. The molecule has 0 atom stereocenters. The van der Waals surface area contributed by atoms with Crippen molar-refractivity contribution in [1.82, 2.24) is 0 Å². The first-order chi connectivity index (χ1) is 14.0. The molecular weight excluding hydrogens is 366 g/mol. The van der Waals surface area contributed by atoms with E-state index in [4.69, 9.17) is 26.2 Å². The van der Waals surface area contributed by atoms with Gasteiger partial charge in [-0.2, -0.15) is 0 Å². The first kappa shape index (κ1) is 19.5. The van der Waals surface area contributed by atoms with Crippen molar-refractivity contribution >= 4 is 23.4 Å². The van der Waals surface area contributed by atoms with E-state index < -0.39 is 5.97 Å². The smallest absolute Gasteiger partial charge is 0.331 e. The van der Waals surface area contributed by atoms with Crippen LogP contribution in [-0.4, -0.2) is 5.97 Å². The van der Waals surface area contributed by atoms with Gasteiger partial charge in [-0.15, -0.1) is 5.26 Å². The van der Waals surface area contributed by atoms with Crippen molar-refractivity contribution in [2.45, 2.75) is 6.61 Å². The average molecular weight is 385 g/mol. The summed E-state index contributed by atoms with van der Waals surface area (Å²) in [4.78, 5) is 11.9. The highest BCUT2D eigenvalue weighted by Crippen LogP contribution is 2.23. The largest absolute Gasteiger partial charge is 0.458 e. The number of nitrogens with two attached hydrogens (primary N) is 2. The van der Waals surface area contributed by atoms with Crippen LogP contribution >= 0.6 is 0 Å². The highest BCUT2D eigenvalue weighted by molar-refractivity contribution is 5.87. The second-order valence-corrected chi connectivity index (χ2v) is 6.24. The van der Waals surface area contributed by atoms with Gasteiger partial charge in [-0.3, -0.25) is 0 Å². The normalized spacial score (nSPS) is 10.4. The maximum absolute atomic E-state index is 11.9. The summed E-state index contributed by atoms with van der Waals surface area (Å²) in [5, 5.41) is 8.52. The van der Waals surface area contributed by atoms with Gasteiger partial charge in [0.25, 0.3) is 6.26 Å². The fraction of sp³-hybridized carbons (Fsp3) is 0.0435. The molecule has 0 amide bonds. The molecule has 3 rings (SSSR count). The Kier molecular flexibility index (Phi) is 6.13. The van der Waals surface area contributed by atoms with E-state index in [1.807, 2.05) is 36.4 Å². The zero-order chi connectivity index (χ0) is 20.6. The summed E-state index contributed by atoms with van der Waals surface area (Å²) < 4.78 is 9.98. The molecule has 0 radical (unpaired) electrons. The maximum atomic E-state index is 11.9. The van der Waals surface area contributed by atoms with Gasteiger partial charge in [0.05, 0.1) is 0 Å². The lowest BCUT2D eigenvalue weighted by Gasteiger charge is -2.07. The monoisotopic (exact) mass is 385 g/mol. The predicted octanol–water partition coefficient (Wildman–Crippen LogP) is 4.13. The quantitative estimate of drug-likeness (QED) is 0.286. The summed E-state index contributed by atoms with van der Waals surface area (Å²) in [5.74, 6) is 0.0262. The van der Waals surface area contributed by atoms with Crippen LogP contribution in [-0.2, 0) is 16.1 Å². The molecule has 0 aliphatic carbocycles. The molecule has 0 aliphatic heterocycles. The third-order valence-corrected chi connectivity index (χ3v) is 4.21. The number of hydrogen-bond acceptors (Lipinski definition) is 6. The summed E-state index contributed by atoms with van der Waals surface area (Å²) >= 11 is 0. The zero-order valence-corrected chi connectivity index (χ0v) is 15.5. The maximum Gasteiger partial charge on any atom is 0.331 e. The summed E-state index contributed by atoms with van der Waals surface area (Å²) in [6.07, 6.45) is 4.69. The Balaban J connectivity index is 1.58. The average Bonchev–Trinajstić information content (AvgIpc) is 2.74. The van der Waals surface area contributed by atoms with Gasteiger partial charge in [0.15, 0.2) is 0 Å². The van der Waals surface area contributed by atoms with Crippen LogP contribution in [0.3, 0.4) is 0 Å². The van der Waals surface area contributed by atoms with Crippen molar-refractivity contribution in [2.24, 2.45) is 0 Å². The first-order valence-corrected chi connectivity index (χ1v) is 8.80. The summed E-state index contributed by atoms with van der Waals surface area (Å²) in [5.41, 5.74) is 16.2. The van der Waals surface area contributed by atoms with Crippen molar-refractivity contribution < 1.29 is 14.3 Å². The van der Waals surface area contributed by atoms with E-state index in [1.165, 1.54) is 6.08 Å². The molecule has 6 nitrogen and oxygen atoms in total.